The zero-order chi connectivity index (χ0) is 10.8. The topological polar surface area (TPSA) is 81.8 Å². The first-order valence-electron chi connectivity index (χ1n) is 4.30. The van der Waals surface area contributed by atoms with Crippen LogP contribution in [-0.2, 0) is 0 Å². The summed E-state index contributed by atoms with van der Waals surface area (Å²) in [5.41, 5.74) is 0.939. The molecular weight excluding hydrogens is 196 g/mol. The van der Waals surface area contributed by atoms with Crippen molar-refractivity contribution in [3.8, 4) is 11.6 Å². The predicted octanol–water partition coefficient (Wildman–Crippen LogP) is 1.04. The van der Waals surface area contributed by atoms with Gasteiger partial charge in [-0.05, 0) is 12.5 Å². The minimum atomic E-state index is -0.277. The third-order valence-electron chi connectivity index (χ3n) is 1.71. The first-order chi connectivity index (χ1) is 7.16. The van der Waals surface area contributed by atoms with Gasteiger partial charge in [0.2, 0.25) is 17.4 Å². The molecule has 6 heteroatoms. The molecule has 0 bridgehead atoms. The molecule has 0 aromatic carbocycles. The average Bonchev–Trinajstić information content (AvgIpc) is 2.68. The van der Waals surface area contributed by atoms with Crippen molar-refractivity contribution >= 4 is 5.78 Å². The highest BCUT2D eigenvalue weighted by Crippen LogP contribution is 2.09. The van der Waals surface area contributed by atoms with Gasteiger partial charge in [-0.15, -0.1) is 0 Å². The number of Topliss-reactive ketones (excluding diaryl/α,β-unsaturated/α-hetero) is 1. The van der Waals surface area contributed by atoms with Crippen molar-refractivity contribution in [1.82, 2.24) is 20.1 Å². The van der Waals surface area contributed by atoms with E-state index in [9.17, 15) is 4.79 Å². The second-order valence-corrected chi connectivity index (χ2v) is 3.06. The molecule has 0 aliphatic heterocycles. The molecule has 0 atom stereocenters. The van der Waals surface area contributed by atoms with Crippen LogP contribution in [0.1, 0.15) is 23.2 Å². The lowest BCUT2D eigenvalue weighted by Crippen LogP contribution is -1.93. The molecule has 76 valence electrons. The first-order valence-corrected chi connectivity index (χ1v) is 4.30. The van der Waals surface area contributed by atoms with E-state index in [2.05, 4.69) is 20.1 Å². The summed E-state index contributed by atoms with van der Waals surface area (Å²) in [7, 11) is 0. The normalized spacial score (nSPS) is 10.3. The number of carbonyl (C=O) groups excluding carboxylic acids is 1. The Balaban J connectivity index is 2.37. The second-order valence-electron chi connectivity index (χ2n) is 3.06. The van der Waals surface area contributed by atoms with E-state index in [0.29, 0.717) is 5.82 Å². The van der Waals surface area contributed by atoms with Gasteiger partial charge in [0.15, 0.2) is 0 Å². The molecule has 0 unspecified atom stereocenters. The van der Waals surface area contributed by atoms with Gasteiger partial charge in [-0.1, -0.05) is 5.16 Å². The summed E-state index contributed by atoms with van der Waals surface area (Å²) < 4.78 is 4.72. The minimum Gasteiger partial charge on any atom is -0.330 e. The van der Waals surface area contributed by atoms with E-state index in [1.165, 1.54) is 6.92 Å². The second kappa shape index (κ2) is 3.56. The maximum atomic E-state index is 10.9. The smallest absolute Gasteiger partial charge is 0.294 e. The van der Waals surface area contributed by atoms with Crippen LogP contribution >= 0.6 is 0 Å². The van der Waals surface area contributed by atoms with Crippen LogP contribution < -0.4 is 0 Å². The lowest BCUT2D eigenvalue weighted by Gasteiger charge is -1.92. The van der Waals surface area contributed by atoms with Crippen molar-refractivity contribution < 1.29 is 9.32 Å². The van der Waals surface area contributed by atoms with Crippen LogP contribution in [0.5, 0.6) is 0 Å². The van der Waals surface area contributed by atoms with E-state index >= 15 is 0 Å². The van der Waals surface area contributed by atoms with E-state index < -0.39 is 0 Å². The summed E-state index contributed by atoms with van der Waals surface area (Å²) in [6.07, 6.45) is 3.29. The number of aryl methyl sites for hydroxylation is 1. The fraction of sp³-hybridized carbons (Fsp3) is 0.222. The standard InChI is InChI=1S/C9H8N4O2/c1-5-3-10-7(11-4-5)8-12-9(6(2)14)15-13-8/h3-4H,1-2H3. The predicted molar refractivity (Wildman–Crippen MR) is 50.1 cm³/mol. The van der Waals surface area contributed by atoms with Gasteiger partial charge < -0.3 is 4.52 Å². The molecule has 0 spiro atoms. The average molecular weight is 204 g/mol. The monoisotopic (exact) mass is 204 g/mol. The first kappa shape index (κ1) is 9.45. The Hall–Kier alpha value is -2.11. The molecule has 0 amide bonds. The number of ketones is 1. The van der Waals surface area contributed by atoms with Crippen molar-refractivity contribution in [3.63, 3.8) is 0 Å². The molecule has 0 saturated carbocycles. The Kier molecular flexibility index (Phi) is 2.24. The molecule has 0 aliphatic carbocycles. The number of rotatable bonds is 2. The zero-order valence-electron chi connectivity index (χ0n) is 8.26. The SMILES string of the molecule is CC(=O)c1nc(-c2ncc(C)cn2)no1. The summed E-state index contributed by atoms with van der Waals surface area (Å²) in [4.78, 5) is 22.8. The van der Waals surface area contributed by atoms with Gasteiger partial charge in [-0.25, -0.2) is 9.97 Å². The van der Waals surface area contributed by atoms with Crippen molar-refractivity contribution in [2.45, 2.75) is 13.8 Å². The van der Waals surface area contributed by atoms with Crippen LogP contribution in [0.15, 0.2) is 16.9 Å². The molecule has 0 N–H and O–H groups in total. The highest BCUT2D eigenvalue weighted by Gasteiger charge is 2.13. The zero-order valence-corrected chi connectivity index (χ0v) is 8.26. The Labute approximate surface area is 85.4 Å². The molecular formula is C9H8N4O2. The summed E-state index contributed by atoms with van der Waals surface area (Å²) in [6, 6.07) is 0. The molecule has 2 aromatic heterocycles. The summed E-state index contributed by atoms with van der Waals surface area (Å²) in [6.45, 7) is 3.23. The largest absolute Gasteiger partial charge is 0.330 e. The molecule has 0 saturated heterocycles. The lowest BCUT2D eigenvalue weighted by molar-refractivity contribution is 0.0972. The minimum absolute atomic E-state index is 0.0332. The maximum absolute atomic E-state index is 10.9. The summed E-state index contributed by atoms with van der Waals surface area (Å²) in [5.74, 6) is 0.257. The Morgan fingerprint density at radius 2 is 1.93 bits per heavy atom. The van der Waals surface area contributed by atoms with E-state index in [1.807, 2.05) is 6.92 Å². The molecule has 0 aliphatic rings. The number of aromatic nitrogens is 4. The van der Waals surface area contributed by atoms with Crippen LogP contribution in [0.3, 0.4) is 0 Å². The van der Waals surface area contributed by atoms with E-state index in [1.54, 1.807) is 12.4 Å². The van der Waals surface area contributed by atoms with Crippen molar-refractivity contribution in [2.24, 2.45) is 0 Å². The summed E-state index contributed by atoms with van der Waals surface area (Å²) >= 11 is 0. The fourth-order valence-corrected chi connectivity index (χ4v) is 0.965. The molecule has 2 heterocycles. The molecule has 15 heavy (non-hydrogen) atoms. The number of nitrogens with zero attached hydrogens (tertiary/aromatic N) is 4. The third kappa shape index (κ3) is 1.88. The number of carbonyl (C=O) groups is 1. The fourth-order valence-electron chi connectivity index (χ4n) is 0.965. The van der Waals surface area contributed by atoms with E-state index in [-0.39, 0.29) is 17.5 Å². The van der Waals surface area contributed by atoms with Gasteiger partial charge in [0, 0.05) is 19.3 Å². The van der Waals surface area contributed by atoms with Crippen LogP contribution in [0, 0.1) is 6.92 Å². The number of hydrogen-bond donors (Lipinski definition) is 0. The van der Waals surface area contributed by atoms with Gasteiger partial charge in [-0.3, -0.25) is 4.79 Å². The van der Waals surface area contributed by atoms with Crippen molar-refractivity contribution in [3.05, 3.63) is 23.8 Å². The Bertz CT molecular complexity index is 489. The third-order valence-corrected chi connectivity index (χ3v) is 1.71. The molecule has 6 nitrogen and oxygen atoms in total. The molecule has 2 aromatic rings. The highest BCUT2D eigenvalue weighted by molar-refractivity contribution is 5.89. The quantitative estimate of drug-likeness (QED) is 0.679. The molecule has 2 rings (SSSR count). The van der Waals surface area contributed by atoms with Crippen LogP contribution in [-0.4, -0.2) is 25.9 Å². The van der Waals surface area contributed by atoms with Crippen LogP contribution in [0.4, 0.5) is 0 Å². The van der Waals surface area contributed by atoms with Gasteiger partial charge in [0.05, 0.1) is 0 Å². The van der Waals surface area contributed by atoms with E-state index in [4.69, 9.17) is 4.52 Å². The summed E-state index contributed by atoms with van der Waals surface area (Å²) in [5, 5.41) is 3.61. The molecule has 0 fully saturated rings. The lowest BCUT2D eigenvalue weighted by atomic mass is 10.4. The van der Waals surface area contributed by atoms with Crippen LogP contribution in [0.2, 0.25) is 0 Å². The van der Waals surface area contributed by atoms with E-state index in [0.717, 1.165) is 5.56 Å². The Morgan fingerprint density at radius 1 is 1.27 bits per heavy atom. The maximum Gasteiger partial charge on any atom is 0.294 e. The van der Waals surface area contributed by atoms with Crippen molar-refractivity contribution in [2.75, 3.05) is 0 Å². The Morgan fingerprint density at radius 3 is 2.47 bits per heavy atom. The van der Waals surface area contributed by atoms with Gasteiger partial charge in [-0.2, -0.15) is 4.98 Å². The van der Waals surface area contributed by atoms with Gasteiger partial charge >= 0.3 is 0 Å². The number of hydrogen-bond acceptors (Lipinski definition) is 6. The van der Waals surface area contributed by atoms with Crippen LogP contribution in [0.25, 0.3) is 11.6 Å². The van der Waals surface area contributed by atoms with Gasteiger partial charge in [0.25, 0.3) is 5.89 Å². The van der Waals surface area contributed by atoms with Crippen molar-refractivity contribution in [1.29, 1.82) is 0 Å². The van der Waals surface area contributed by atoms with Gasteiger partial charge in [0.1, 0.15) is 0 Å². The molecule has 0 radical (unpaired) electrons. The highest BCUT2D eigenvalue weighted by atomic mass is 16.5.